The molecule has 0 saturated carbocycles. The lowest BCUT2D eigenvalue weighted by molar-refractivity contribution is 0.505. The highest BCUT2D eigenvalue weighted by atomic mass is 16.3. The lowest BCUT2D eigenvalue weighted by Gasteiger charge is -2.15. The van der Waals surface area contributed by atoms with E-state index in [1.54, 1.807) is 12.5 Å². The number of aryl methyl sites for hydroxylation is 1. The van der Waals surface area contributed by atoms with Crippen molar-refractivity contribution in [1.29, 1.82) is 0 Å². The number of hydrogen-bond acceptors (Lipinski definition) is 3. The molecule has 1 unspecified atom stereocenters. The van der Waals surface area contributed by atoms with E-state index in [1.807, 2.05) is 24.0 Å². The second-order valence-electron chi connectivity index (χ2n) is 4.26. The minimum atomic E-state index is 0.258. The summed E-state index contributed by atoms with van der Waals surface area (Å²) in [5.74, 6) is 0. The summed E-state index contributed by atoms with van der Waals surface area (Å²) in [6.45, 7) is 3.17. The Hall–Kier alpha value is -1.55. The molecule has 0 aliphatic heterocycles. The molecule has 2 aromatic heterocycles. The Morgan fingerprint density at radius 2 is 2.35 bits per heavy atom. The quantitative estimate of drug-likeness (QED) is 0.832. The Morgan fingerprint density at radius 3 is 2.94 bits per heavy atom. The van der Waals surface area contributed by atoms with Crippen molar-refractivity contribution < 1.29 is 4.42 Å². The second-order valence-corrected chi connectivity index (χ2v) is 4.26. The van der Waals surface area contributed by atoms with Gasteiger partial charge in [0.15, 0.2) is 0 Å². The molecule has 0 aromatic carbocycles. The number of rotatable bonds is 6. The maximum absolute atomic E-state index is 5.11. The molecule has 2 rings (SSSR count). The van der Waals surface area contributed by atoms with Crippen LogP contribution in [0.5, 0.6) is 0 Å². The molecule has 0 radical (unpaired) electrons. The van der Waals surface area contributed by atoms with Crippen LogP contribution in [0.25, 0.3) is 0 Å². The first kappa shape index (κ1) is 11.9. The van der Waals surface area contributed by atoms with Crippen molar-refractivity contribution in [3.63, 3.8) is 0 Å². The Bertz CT molecular complexity index is 433. The van der Waals surface area contributed by atoms with Crippen LogP contribution in [0.4, 0.5) is 0 Å². The fraction of sp³-hybridized carbons (Fsp3) is 0.462. The van der Waals surface area contributed by atoms with Gasteiger partial charge in [-0.25, -0.2) is 0 Å². The van der Waals surface area contributed by atoms with Crippen molar-refractivity contribution in [1.82, 2.24) is 15.1 Å². The van der Waals surface area contributed by atoms with E-state index in [0.29, 0.717) is 0 Å². The van der Waals surface area contributed by atoms with Gasteiger partial charge in [0.05, 0.1) is 24.3 Å². The lowest BCUT2D eigenvalue weighted by Crippen LogP contribution is -2.24. The summed E-state index contributed by atoms with van der Waals surface area (Å²) in [6, 6.07) is 4.32. The van der Waals surface area contributed by atoms with Gasteiger partial charge in [-0.3, -0.25) is 4.68 Å². The number of nitrogens with one attached hydrogen (secondary N) is 1. The van der Waals surface area contributed by atoms with Gasteiger partial charge in [-0.2, -0.15) is 5.10 Å². The maximum Gasteiger partial charge on any atom is 0.0935 e. The minimum Gasteiger partial charge on any atom is -0.472 e. The Morgan fingerprint density at radius 1 is 1.47 bits per heavy atom. The summed E-state index contributed by atoms with van der Waals surface area (Å²) < 4.78 is 6.95. The highest BCUT2D eigenvalue weighted by molar-refractivity contribution is 5.14. The Kier molecular flexibility index (Phi) is 3.98. The van der Waals surface area contributed by atoms with Crippen molar-refractivity contribution in [3.8, 4) is 0 Å². The number of nitrogens with zero attached hydrogens (tertiary/aromatic N) is 2. The molecule has 0 spiro atoms. The highest BCUT2D eigenvalue weighted by Gasteiger charge is 2.14. The largest absolute Gasteiger partial charge is 0.472 e. The van der Waals surface area contributed by atoms with E-state index in [0.717, 1.165) is 25.1 Å². The Labute approximate surface area is 102 Å². The first-order valence-electron chi connectivity index (χ1n) is 6.03. The smallest absolute Gasteiger partial charge is 0.0935 e. The van der Waals surface area contributed by atoms with Gasteiger partial charge < -0.3 is 9.73 Å². The van der Waals surface area contributed by atoms with Crippen LogP contribution in [0, 0.1) is 0 Å². The third-order valence-corrected chi connectivity index (χ3v) is 2.75. The van der Waals surface area contributed by atoms with Crippen LogP contribution in [-0.2, 0) is 13.5 Å². The van der Waals surface area contributed by atoms with Crippen molar-refractivity contribution in [2.75, 3.05) is 6.54 Å². The average molecular weight is 233 g/mol. The summed E-state index contributed by atoms with van der Waals surface area (Å²) in [4.78, 5) is 0. The van der Waals surface area contributed by atoms with Gasteiger partial charge in [0.2, 0.25) is 0 Å². The molecule has 4 nitrogen and oxygen atoms in total. The summed E-state index contributed by atoms with van der Waals surface area (Å²) in [6.07, 6.45) is 7.52. The maximum atomic E-state index is 5.11. The van der Waals surface area contributed by atoms with Gasteiger partial charge in [0.1, 0.15) is 0 Å². The molecule has 4 heteroatoms. The predicted molar refractivity (Wildman–Crippen MR) is 66.7 cm³/mol. The van der Waals surface area contributed by atoms with E-state index in [1.165, 1.54) is 5.56 Å². The van der Waals surface area contributed by atoms with Crippen molar-refractivity contribution >= 4 is 0 Å². The van der Waals surface area contributed by atoms with Crippen molar-refractivity contribution in [3.05, 3.63) is 42.1 Å². The van der Waals surface area contributed by atoms with E-state index in [4.69, 9.17) is 4.42 Å². The molecule has 0 saturated heterocycles. The molecular weight excluding hydrogens is 214 g/mol. The van der Waals surface area contributed by atoms with Crippen LogP contribution in [0.2, 0.25) is 0 Å². The van der Waals surface area contributed by atoms with Crippen molar-refractivity contribution in [2.24, 2.45) is 7.05 Å². The second kappa shape index (κ2) is 5.68. The van der Waals surface area contributed by atoms with Gasteiger partial charge in [0, 0.05) is 13.2 Å². The molecule has 92 valence electrons. The SMILES string of the molecule is CCCNC(Cc1ccoc1)c1ccn(C)n1. The zero-order valence-electron chi connectivity index (χ0n) is 10.4. The fourth-order valence-corrected chi connectivity index (χ4v) is 1.86. The highest BCUT2D eigenvalue weighted by Crippen LogP contribution is 2.17. The van der Waals surface area contributed by atoms with Gasteiger partial charge in [0.25, 0.3) is 0 Å². The lowest BCUT2D eigenvalue weighted by atomic mass is 10.1. The Balaban J connectivity index is 2.07. The van der Waals surface area contributed by atoms with Crippen LogP contribution in [0.15, 0.2) is 35.3 Å². The van der Waals surface area contributed by atoms with Crippen LogP contribution in [0.3, 0.4) is 0 Å². The molecule has 1 atom stereocenters. The van der Waals surface area contributed by atoms with E-state index < -0.39 is 0 Å². The summed E-state index contributed by atoms with van der Waals surface area (Å²) in [5.41, 5.74) is 2.28. The summed E-state index contributed by atoms with van der Waals surface area (Å²) in [5, 5.41) is 7.99. The topological polar surface area (TPSA) is 43.0 Å². The van der Waals surface area contributed by atoms with Crippen LogP contribution in [0.1, 0.15) is 30.6 Å². The fourth-order valence-electron chi connectivity index (χ4n) is 1.86. The summed E-state index contributed by atoms with van der Waals surface area (Å²) in [7, 11) is 1.94. The molecule has 0 aliphatic carbocycles. The van der Waals surface area contributed by atoms with Crippen LogP contribution >= 0.6 is 0 Å². The molecule has 2 aromatic rings. The van der Waals surface area contributed by atoms with Crippen LogP contribution in [-0.4, -0.2) is 16.3 Å². The molecule has 2 heterocycles. The van der Waals surface area contributed by atoms with Gasteiger partial charge >= 0.3 is 0 Å². The molecular formula is C13H19N3O. The van der Waals surface area contributed by atoms with E-state index >= 15 is 0 Å². The van der Waals surface area contributed by atoms with E-state index in [2.05, 4.69) is 23.4 Å². The summed E-state index contributed by atoms with van der Waals surface area (Å²) >= 11 is 0. The number of hydrogen-bond donors (Lipinski definition) is 1. The first-order chi connectivity index (χ1) is 8.29. The predicted octanol–water partition coefficient (Wildman–Crippen LogP) is 2.30. The molecule has 0 amide bonds. The standard InChI is InChI=1S/C13H19N3O/c1-3-6-14-13(9-11-5-8-17-10-11)12-4-7-16(2)15-12/h4-5,7-8,10,13-14H,3,6,9H2,1-2H3. The van der Waals surface area contributed by atoms with Crippen molar-refractivity contribution in [2.45, 2.75) is 25.8 Å². The normalized spacial score (nSPS) is 12.8. The van der Waals surface area contributed by atoms with E-state index in [-0.39, 0.29) is 6.04 Å². The molecule has 0 bridgehead atoms. The van der Waals surface area contributed by atoms with Gasteiger partial charge in [-0.05, 0) is 37.1 Å². The van der Waals surface area contributed by atoms with Crippen LogP contribution < -0.4 is 5.32 Å². The van der Waals surface area contributed by atoms with E-state index in [9.17, 15) is 0 Å². The van der Waals surface area contributed by atoms with Gasteiger partial charge in [-0.15, -0.1) is 0 Å². The third kappa shape index (κ3) is 3.20. The minimum absolute atomic E-state index is 0.258. The monoisotopic (exact) mass is 233 g/mol. The molecule has 17 heavy (non-hydrogen) atoms. The van der Waals surface area contributed by atoms with Gasteiger partial charge in [-0.1, -0.05) is 6.92 Å². The zero-order chi connectivity index (χ0) is 12.1. The molecule has 0 fully saturated rings. The molecule has 1 N–H and O–H groups in total. The molecule has 0 aliphatic rings. The number of aromatic nitrogens is 2. The number of furan rings is 1. The zero-order valence-corrected chi connectivity index (χ0v) is 10.4. The first-order valence-corrected chi connectivity index (χ1v) is 6.03. The average Bonchev–Trinajstić information content (AvgIpc) is 2.95. The third-order valence-electron chi connectivity index (χ3n) is 2.75.